The minimum atomic E-state index is -0.162. The maximum atomic E-state index is 12.1. The predicted molar refractivity (Wildman–Crippen MR) is 123 cm³/mol. The number of halogens is 1. The van der Waals surface area contributed by atoms with E-state index in [2.05, 4.69) is 48.6 Å². The van der Waals surface area contributed by atoms with Crippen molar-refractivity contribution in [3.05, 3.63) is 57.7 Å². The number of nitrogens with zero attached hydrogens (tertiary/aromatic N) is 4. The smallest absolute Gasteiger partial charge is 0.264 e. The van der Waals surface area contributed by atoms with Crippen LogP contribution in [0.5, 0.6) is 5.75 Å². The van der Waals surface area contributed by atoms with Crippen LogP contribution in [-0.4, -0.2) is 39.9 Å². The Labute approximate surface area is 185 Å². The zero-order chi connectivity index (χ0) is 20.6. The number of hydrazone groups is 1. The number of hydrogen-bond acceptors (Lipinski definition) is 8. The van der Waals surface area contributed by atoms with Gasteiger partial charge >= 0.3 is 0 Å². The van der Waals surface area contributed by atoms with Gasteiger partial charge in [0.2, 0.25) is 11.1 Å². The van der Waals surface area contributed by atoms with E-state index in [-0.39, 0.29) is 17.6 Å². The molecule has 1 amide bonds. The molecule has 3 rings (SSSR count). The van der Waals surface area contributed by atoms with Crippen LogP contribution in [0.3, 0.4) is 0 Å². The fourth-order valence-electron chi connectivity index (χ4n) is 2.20. The van der Waals surface area contributed by atoms with Crippen LogP contribution in [0.1, 0.15) is 5.56 Å². The number of nitrogen functional groups attached to an aromatic ring is 1. The Kier molecular flexibility index (Phi) is 7.30. The number of rotatable bonds is 8. The molecule has 9 nitrogen and oxygen atoms in total. The molecule has 0 radical (unpaired) electrons. The second kappa shape index (κ2) is 10.1. The van der Waals surface area contributed by atoms with Crippen molar-refractivity contribution in [1.29, 1.82) is 0 Å². The van der Waals surface area contributed by atoms with Crippen molar-refractivity contribution in [2.24, 2.45) is 5.10 Å². The number of aromatic nitrogens is 3. The van der Waals surface area contributed by atoms with Gasteiger partial charge in [0.1, 0.15) is 5.75 Å². The molecule has 150 valence electrons. The molecule has 0 aliphatic carbocycles. The normalized spacial score (nSPS) is 10.8. The number of thioether (sulfide) groups is 1. The molecule has 0 bridgehead atoms. The van der Waals surface area contributed by atoms with Gasteiger partial charge in [-0.3, -0.25) is 4.79 Å². The average molecular weight is 523 g/mol. The lowest BCUT2D eigenvalue weighted by Gasteiger charge is -2.05. The highest BCUT2D eigenvalue weighted by molar-refractivity contribution is 14.1. The number of nitrogens with two attached hydrogens (primary N) is 1. The van der Waals surface area contributed by atoms with Crippen LogP contribution in [0.15, 0.2) is 58.8 Å². The van der Waals surface area contributed by atoms with Gasteiger partial charge in [-0.15, -0.1) is 10.2 Å². The number of nitrogens with one attached hydrogen (secondary N) is 2. The third-order valence-corrected chi connectivity index (χ3v) is 5.26. The third kappa shape index (κ3) is 6.09. The predicted octanol–water partition coefficient (Wildman–Crippen LogP) is 2.78. The van der Waals surface area contributed by atoms with Gasteiger partial charge in [-0.05, 0) is 64.6 Å². The molecule has 0 spiro atoms. The number of carbonyl (C=O) groups excluding carboxylic acids is 1. The average Bonchev–Trinajstić information content (AvgIpc) is 3.08. The van der Waals surface area contributed by atoms with Crippen molar-refractivity contribution in [3.63, 3.8) is 0 Å². The molecule has 0 saturated carbocycles. The Balaban J connectivity index is 1.52. The van der Waals surface area contributed by atoms with Gasteiger partial charge in [0.15, 0.2) is 0 Å². The molecule has 0 unspecified atom stereocenters. The summed E-state index contributed by atoms with van der Waals surface area (Å²) in [6.45, 7) is 0. The molecular weight excluding hydrogens is 505 g/mol. The number of benzene rings is 2. The van der Waals surface area contributed by atoms with Crippen molar-refractivity contribution in [3.8, 4) is 5.75 Å². The van der Waals surface area contributed by atoms with E-state index in [1.54, 1.807) is 13.3 Å². The van der Waals surface area contributed by atoms with Crippen LogP contribution in [0.2, 0.25) is 0 Å². The van der Waals surface area contributed by atoms with E-state index in [0.29, 0.717) is 5.16 Å². The van der Waals surface area contributed by atoms with Crippen molar-refractivity contribution < 1.29 is 9.53 Å². The van der Waals surface area contributed by atoms with Crippen LogP contribution < -0.4 is 21.3 Å². The van der Waals surface area contributed by atoms with Crippen LogP contribution in [0.25, 0.3) is 0 Å². The fourth-order valence-corrected chi connectivity index (χ4v) is 3.21. The minimum absolute atomic E-state index is 0.147. The summed E-state index contributed by atoms with van der Waals surface area (Å²) in [5, 5.41) is 15.2. The number of methoxy groups -OCH3 is 1. The van der Waals surface area contributed by atoms with Gasteiger partial charge in [-0.1, -0.05) is 23.9 Å². The maximum Gasteiger partial charge on any atom is 0.264 e. The zero-order valence-corrected chi connectivity index (χ0v) is 18.3. The van der Waals surface area contributed by atoms with Crippen LogP contribution in [-0.2, 0) is 4.79 Å². The van der Waals surface area contributed by atoms with E-state index < -0.39 is 0 Å². The van der Waals surface area contributed by atoms with Crippen LogP contribution >= 0.6 is 34.4 Å². The lowest BCUT2D eigenvalue weighted by Crippen LogP contribution is -2.16. The lowest BCUT2D eigenvalue weighted by atomic mass is 10.2. The van der Waals surface area contributed by atoms with Crippen LogP contribution in [0.4, 0.5) is 11.6 Å². The highest BCUT2D eigenvalue weighted by atomic mass is 127. The molecule has 2 aromatic carbocycles. The van der Waals surface area contributed by atoms with Gasteiger partial charge in [0, 0.05) is 9.26 Å². The first-order chi connectivity index (χ1) is 14.0. The summed E-state index contributed by atoms with van der Waals surface area (Å²) in [5.41, 5.74) is 4.31. The maximum absolute atomic E-state index is 12.1. The van der Waals surface area contributed by atoms with Gasteiger partial charge in [0.05, 0.1) is 19.1 Å². The van der Waals surface area contributed by atoms with Crippen molar-refractivity contribution in [2.45, 2.75) is 5.16 Å². The molecule has 3 aromatic rings. The first-order valence-corrected chi connectivity index (χ1v) is 10.4. The zero-order valence-electron chi connectivity index (χ0n) is 15.4. The van der Waals surface area contributed by atoms with Crippen molar-refractivity contribution in [2.75, 3.05) is 29.4 Å². The quantitative estimate of drug-likeness (QED) is 0.137. The number of anilines is 2. The van der Waals surface area contributed by atoms with Gasteiger partial charge < -0.3 is 15.9 Å². The van der Waals surface area contributed by atoms with Gasteiger partial charge in [-0.25, -0.2) is 10.1 Å². The molecule has 11 heteroatoms. The summed E-state index contributed by atoms with van der Waals surface area (Å²) in [6, 6.07) is 15.0. The molecule has 4 N–H and O–H groups in total. The molecule has 0 atom stereocenters. The SMILES string of the molecule is COc1cccc(/C=N/Nc2nnc(SCC(=O)Nc3ccc(I)cc3)n2N)c1. The van der Waals surface area contributed by atoms with Crippen molar-refractivity contribution >= 4 is 58.1 Å². The molecule has 0 aliphatic heterocycles. The summed E-state index contributed by atoms with van der Waals surface area (Å²) in [5.74, 6) is 6.94. The Morgan fingerprint density at radius 1 is 1.31 bits per heavy atom. The van der Waals surface area contributed by atoms with E-state index in [1.165, 1.54) is 16.4 Å². The first-order valence-electron chi connectivity index (χ1n) is 8.37. The van der Waals surface area contributed by atoms with E-state index >= 15 is 0 Å². The number of ether oxygens (including phenoxy) is 1. The highest BCUT2D eigenvalue weighted by Gasteiger charge is 2.12. The van der Waals surface area contributed by atoms with E-state index in [0.717, 1.165) is 20.6 Å². The van der Waals surface area contributed by atoms with Crippen molar-refractivity contribution in [1.82, 2.24) is 14.9 Å². The number of carbonyl (C=O) groups is 1. The summed E-state index contributed by atoms with van der Waals surface area (Å²) in [6.07, 6.45) is 1.61. The molecule has 29 heavy (non-hydrogen) atoms. The third-order valence-electron chi connectivity index (χ3n) is 3.60. The Bertz CT molecular complexity index is 1010. The topological polar surface area (TPSA) is 119 Å². The minimum Gasteiger partial charge on any atom is -0.497 e. The van der Waals surface area contributed by atoms with E-state index in [1.807, 2.05) is 48.5 Å². The number of amides is 1. The second-order valence-electron chi connectivity index (χ2n) is 5.67. The van der Waals surface area contributed by atoms with E-state index in [4.69, 9.17) is 10.6 Å². The standard InChI is InChI=1S/C18H18IN7O2S/c1-28-15-4-2-3-12(9-15)10-21-23-17-24-25-18(26(17)20)29-11-16(27)22-14-7-5-13(19)6-8-14/h2-10H,11,20H2,1H3,(H,22,27)(H,23,24)/b21-10+. The lowest BCUT2D eigenvalue weighted by molar-refractivity contribution is -0.113. The molecule has 1 aromatic heterocycles. The van der Waals surface area contributed by atoms with Gasteiger partial charge in [0.25, 0.3) is 5.95 Å². The summed E-state index contributed by atoms with van der Waals surface area (Å²) >= 11 is 3.38. The fraction of sp³-hybridized carbons (Fsp3) is 0.111. The Morgan fingerprint density at radius 2 is 2.10 bits per heavy atom. The molecular formula is C18H18IN7O2S. The molecule has 0 saturated heterocycles. The Hall–Kier alpha value is -2.80. The monoisotopic (exact) mass is 523 g/mol. The molecule has 1 heterocycles. The first kappa shape index (κ1) is 20.9. The summed E-state index contributed by atoms with van der Waals surface area (Å²) in [7, 11) is 1.60. The molecule has 0 aliphatic rings. The largest absolute Gasteiger partial charge is 0.497 e. The van der Waals surface area contributed by atoms with E-state index in [9.17, 15) is 4.79 Å². The highest BCUT2D eigenvalue weighted by Crippen LogP contribution is 2.18. The van der Waals surface area contributed by atoms with Gasteiger partial charge in [-0.2, -0.15) is 5.10 Å². The summed E-state index contributed by atoms with van der Waals surface area (Å²) < 4.78 is 7.51. The van der Waals surface area contributed by atoms with Crippen LogP contribution in [0, 0.1) is 3.57 Å². The Morgan fingerprint density at radius 3 is 2.86 bits per heavy atom. The summed E-state index contributed by atoms with van der Waals surface area (Å²) in [4.78, 5) is 12.1. The second-order valence-corrected chi connectivity index (χ2v) is 7.85. The number of hydrogen-bond donors (Lipinski definition) is 3. The molecule has 0 fully saturated rings.